The Kier molecular flexibility index (Phi) is 3.97. The zero-order valence-corrected chi connectivity index (χ0v) is 15.2. The Bertz CT molecular complexity index is 1000. The highest BCUT2D eigenvalue weighted by molar-refractivity contribution is 7.18. The highest BCUT2D eigenvalue weighted by Gasteiger charge is 2.14. The van der Waals surface area contributed by atoms with Gasteiger partial charge in [-0.25, -0.2) is 15.0 Å². The number of hydrogen-bond acceptors (Lipinski definition) is 5. The molecule has 126 valence electrons. The van der Waals surface area contributed by atoms with Gasteiger partial charge in [-0.2, -0.15) is 0 Å². The fourth-order valence-corrected chi connectivity index (χ4v) is 3.92. The number of rotatable bonds is 4. The standard InChI is InChI=1S/C19H19N5S/c1-12-14(3)25-19-17(12)18(21-10-22-19)23-13(2)15-4-6-16(7-5-15)24-9-8-20-11-24/h4-11,13H,1-3H3,(H,21,22,23)/t13-/m1/s1. The Morgan fingerprint density at radius 1 is 1.12 bits per heavy atom. The van der Waals surface area contributed by atoms with Gasteiger partial charge in [0.25, 0.3) is 0 Å². The van der Waals surface area contributed by atoms with Crippen molar-refractivity contribution in [2.45, 2.75) is 26.8 Å². The Labute approximate surface area is 150 Å². The van der Waals surface area contributed by atoms with E-state index in [0.717, 1.165) is 21.7 Å². The molecule has 4 aromatic rings. The number of imidazole rings is 1. The van der Waals surface area contributed by atoms with Crippen molar-refractivity contribution < 1.29 is 0 Å². The SMILES string of the molecule is Cc1sc2ncnc(N[C@H](C)c3ccc(-n4ccnc4)cc3)c2c1C. The molecular weight excluding hydrogens is 330 g/mol. The summed E-state index contributed by atoms with van der Waals surface area (Å²) in [5.41, 5.74) is 3.56. The summed E-state index contributed by atoms with van der Waals surface area (Å²) >= 11 is 1.72. The van der Waals surface area contributed by atoms with Crippen LogP contribution in [0.4, 0.5) is 5.82 Å². The fraction of sp³-hybridized carbons (Fsp3) is 0.211. The first-order valence-electron chi connectivity index (χ1n) is 8.19. The number of anilines is 1. The summed E-state index contributed by atoms with van der Waals surface area (Å²) in [7, 11) is 0. The van der Waals surface area contributed by atoms with E-state index in [2.05, 4.69) is 65.3 Å². The maximum absolute atomic E-state index is 4.48. The highest BCUT2D eigenvalue weighted by atomic mass is 32.1. The Hall–Kier alpha value is -2.73. The molecule has 3 heterocycles. The first-order valence-corrected chi connectivity index (χ1v) is 9.00. The fourth-order valence-electron chi connectivity index (χ4n) is 2.93. The lowest BCUT2D eigenvalue weighted by molar-refractivity contribution is 0.874. The number of fused-ring (bicyclic) bond motifs is 1. The highest BCUT2D eigenvalue weighted by Crippen LogP contribution is 2.33. The average Bonchev–Trinajstić information content (AvgIpc) is 3.25. The van der Waals surface area contributed by atoms with Crippen molar-refractivity contribution in [3.05, 3.63) is 65.3 Å². The molecule has 5 nitrogen and oxygen atoms in total. The van der Waals surface area contributed by atoms with Crippen LogP contribution in [0.25, 0.3) is 15.9 Å². The monoisotopic (exact) mass is 349 g/mol. The largest absolute Gasteiger partial charge is 0.363 e. The zero-order chi connectivity index (χ0) is 17.4. The Morgan fingerprint density at radius 3 is 2.64 bits per heavy atom. The molecule has 0 bridgehead atoms. The van der Waals surface area contributed by atoms with Crippen LogP contribution in [0.1, 0.15) is 29.0 Å². The first kappa shape index (κ1) is 15.8. The molecule has 4 rings (SSSR count). The van der Waals surface area contributed by atoms with Gasteiger partial charge in [-0.3, -0.25) is 0 Å². The van der Waals surface area contributed by atoms with Crippen LogP contribution in [0, 0.1) is 13.8 Å². The summed E-state index contributed by atoms with van der Waals surface area (Å²) in [6, 6.07) is 8.62. The lowest BCUT2D eigenvalue weighted by atomic mass is 10.1. The van der Waals surface area contributed by atoms with Crippen LogP contribution in [0.2, 0.25) is 0 Å². The molecule has 0 aliphatic carbocycles. The molecule has 0 fully saturated rings. The van der Waals surface area contributed by atoms with E-state index in [1.807, 2.05) is 10.8 Å². The van der Waals surface area contributed by atoms with Crippen LogP contribution < -0.4 is 5.32 Å². The second kappa shape index (κ2) is 6.29. The third kappa shape index (κ3) is 2.89. The van der Waals surface area contributed by atoms with Crippen LogP contribution in [0.15, 0.2) is 49.3 Å². The number of hydrogen-bond donors (Lipinski definition) is 1. The minimum absolute atomic E-state index is 0.148. The van der Waals surface area contributed by atoms with Crippen molar-refractivity contribution in [1.29, 1.82) is 0 Å². The lowest BCUT2D eigenvalue weighted by Crippen LogP contribution is -2.08. The number of benzene rings is 1. The van der Waals surface area contributed by atoms with Gasteiger partial charge in [0.05, 0.1) is 11.7 Å². The quantitative estimate of drug-likeness (QED) is 0.582. The number of aryl methyl sites for hydroxylation is 2. The summed E-state index contributed by atoms with van der Waals surface area (Å²) in [6.45, 7) is 6.41. The van der Waals surface area contributed by atoms with Gasteiger partial charge in [0, 0.05) is 29.0 Å². The molecular formula is C19H19N5S. The van der Waals surface area contributed by atoms with Gasteiger partial charge in [-0.15, -0.1) is 11.3 Å². The number of aromatic nitrogens is 4. The third-order valence-corrected chi connectivity index (χ3v) is 5.63. The molecule has 0 unspecified atom stereocenters. The lowest BCUT2D eigenvalue weighted by Gasteiger charge is -2.16. The van der Waals surface area contributed by atoms with Gasteiger partial charge in [0.2, 0.25) is 0 Å². The molecule has 1 N–H and O–H groups in total. The van der Waals surface area contributed by atoms with Crippen LogP contribution in [-0.4, -0.2) is 19.5 Å². The Morgan fingerprint density at radius 2 is 1.92 bits per heavy atom. The number of nitrogens with zero attached hydrogens (tertiary/aromatic N) is 4. The molecule has 3 aromatic heterocycles. The van der Waals surface area contributed by atoms with Crippen LogP contribution in [-0.2, 0) is 0 Å². The van der Waals surface area contributed by atoms with E-state index in [1.54, 1.807) is 30.2 Å². The maximum Gasteiger partial charge on any atom is 0.138 e. The summed E-state index contributed by atoms with van der Waals surface area (Å²) in [6.07, 6.45) is 7.16. The molecule has 0 spiro atoms. The van der Waals surface area contributed by atoms with Crippen molar-refractivity contribution in [3.63, 3.8) is 0 Å². The molecule has 6 heteroatoms. The molecule has 0 amide bonds. The predicted octanol–water partition coefficient (Wildman–Crippen LogP) is 4.67. The second-order valence-corrected chi connectivity index (χ2v) is 7.32. The second-order valence-electron chi connectivity index (χ2n) is 6.11. The molecule has 0 aliphatic rings. The van der Waals surface area contributed by atoms with Crippen molar-refractivity contribution >= 4 is 27.4 Å². The maximum atomic E-state index is 4.48. The number of thiophene rings is 1. The van der Waals surface area contributed by atoms with Gasteiger partial charge in [-0.05, 0) is 44.0 Å². The molecule has 0 aliphatic heterocycles. The van der Waals surface area contributed by atoms with Crippen molar-refractivity contribution in [2.75, 3.05) is 5.32 Å². The van der Waals surface area contributed by atoms with E-state index in [0.29, 0.717) is 0 Å². The molecule has 0 radical (unpaired) electrons. The Balaban J connectivity index is 1.61. The number of nitrogens with one attached hydrogen (secondary N) is 1. The smallest absolute Gasteiger partial charge is 0.138 e. The average molecular weight is 349 g/mol. The zero-order valence-electron chi connectivity index (χ0n) is 14.4. The van der Waals surface area contributed by atoms with Gasteiger partial charge in [-0.1, -0.05) is 12.1 Å². The van der Waals surface area contributed by atoms with Gasteiger partial charge < -0.3 is 9.88 Å². The van der Waals surface area contributed by atoms with Gasteiger partial charge >= 0.3 is 0 Å². The van der Waals surface area contributed by atoms with E-state index in [-0.39, 0.29) is 6.04 Å². The van der Waals surface area contributed by atoms with Crippen molar-refractivity contribution in [1.82, 2.24) is 19.5 Å². The van der Waals surface area contributed by atoms with E-state index in [1.165, 1.54) is 16.0 Å². The summed E-state index contributed by atoms with van der Waals surface area (Å²) in [5.74, 6) is 0.901. The molecule has 0 saturated carbocycles. The van der Waals surface area contributed by atoms with Crippen LogP contribution >= 0.6 is 11.3 Å². The minimum Gasteiger partial charge on any atom is -0.363 e. The normalized spacial score (nSPS) is 12.4. The predicted molar refractivity (Wildman–Crippen MR) is 102 cm³/mol. The van der Waals surface area contributed by atoms with Gasteiger partial charge in [0.1, 0.15) is 17.0 Å². The summed E-state index contributed by atoms with van der Waals surface area (Å²) in [5, 5.41) is 4.68. The van der Waals surface area contributed by atoms with Crippen molar-refractivity contribution in [2.24, 2.45) is 0 Å². The van der Waals surface area contributed by atoms with Crippen LogP contribution in [0.5, 0.6) is 0 Å². The summed E-state index contributed by atoms with van der Waals surface area (Å²) < 4.78 is 1.99. The van der Waals surface area contributed by atoms with Crippen molar-refractivity contribution in [3.8, 4) is 5.69 Å². The van der Waals surface area contributed by atoms with E-state index in [9.17, 15) is 0 Å². The molecule has 0 saturated heterocycles. The molecule has 1 atom stereocenters. The third-order valence-electron chi connectivity index (χ3n) is 4.51. The first-order chi connectivity index (χ1) is 12.1. The summed E-state index contributed by atoms with van der Waals surface area (Å²) in [4.78, 5) is 15.3. The van der Waals surface area contributed by atoms with Crippen LogP contribution in [0.3, 0.4) is 0 Å². The topological polar surface area (TPSA) is 55.6 Å². The van der Waals surface area contributed by atoms with E-state index in [4.69, 9.17) is 0 Å². The minimum atomic E-state index is 0.148. The van der Waals surface area contributed by atoms with E-state index < -0.39 is 0 Å². The van der Waals surface area contributed by atoms with E-state index >= 15 is 0 Å². The molecule has 1 aromatic carbocycles. The molecule has 25 heavy (non-hydrogen) atoms. The van der Waals surface area contributed by atoms with Gasteiger partial charge in [0.15, 0.2) is 0 Å².